The molecular weight excluding hydrogens is 328 g/mol. The minimum absolute atomic E-state index is 0.668. The molecule has 0 spiro atoms. The van der Waals surface area contributed by atoms with Crippen LogP contribution in [-0.2, 0) is 4.74 Å². The molecule has 0 aliphatic carbocycles. The van der Waals surface area contributed by atoms with Crippen LogP contribution in [0.2, 0.25) is 0 Å². The molecule has 0 radical (unpaired) electrons. The van der Waals surface area contributed by atoms with Crippen LogP contribution in [0.4, 0.5) is 0 Å². The third-order valence-electron chi connectivity index (χ3n) is 5.90. The molecular formula is C21H30N2O3. The Hall–Kier alpha value is -1.56. The molecule has 1 aromatic rings. The summed E-state index contributed by atoms with van der Waals surface area (Å²) in [5.74, 6) is 2.62. The summed E-state index contributed by atoms with van der Waals surface area (Å²) in [6.07, 6.45) is 4.97. The van der Waals surface area contributed by atoms with E-state index in [9.17, 15) is 0 Å². The molecule has 0 unspecified atom stereocenters. The molecule has 3 fully saturated rings. The molecule has 5 nitrogen and oxygen atoms in total. The Bertz CT molecular complexity index is 661. The van der Waals surface area contributed by atoms with Gasteiger partial charge in [0.2, 0.25) is 0 Å². The molecule has 142 valence electrons. The van der Waals surface area contributed by atoms with Gasteiger partial charge in [-0.3, -0.25) is 9.80 Å². The minimum atomic E-state index is 0.668. The van der Waals surface area contributed by atoms with Gasteiger partial charge in [0.15, 0.2) is 0 Å². The zero-order valence-electron chi connectivity index (χ0n) is 15.9. The van der Waals surface area contributed by atoms with Gasteiger partial charge in [-0.1, -0.05) is 0 Å². The number of nitrogens with zero attached hydrogens (tertiary/aromatic N) is 2. The molecule has 26 heavy (non-hydrogen) atoms. The standard InChI is InChI=1S/C21H30N2O3/c1-24-8-7-23-13-16-3-4-19(23)14-22(11-16)12-17-9-18-10-20(25-2)5-6-21(18)26-15-17/h5-6,9-10,16,19H,3-4,7-8,11-15H2,1-2H3/t16-,19+/m0/s1. The van der Waals surface area contributed by atoms with Crippen LogP contribution in [0.5, 0.6) is 11.5 Å². The van der Waals surface area contributed by atoms with Crippen molar-refractivity contribution in [3.05, 3.63) is 29.3 Å². The predicted molar refractivity (Wildman–Crippen MR) is 103 cm³/mol. The van der Waals surface area contributed by atoms with Crippen LogP contribution in [0.3, 0.4) is 0 Å². The van der Waals surface area contributed by atoms with Crippen molar-refractivity contribution in [1.82, 2.24) is 9.80 Å². The summed E-state index contributed by atoms with van der Waals surface area (Å²) in [4.78, 5) is 5.28. The highest BCUT2D eigenvalue weighted by Crippen LogP contribution is 2.32. The number of methoxy groups -OCH3 is 2. The van der Waals surface area contributed by atoms with Crippen molar-refractivity contribution in [2.45, 2.75) is 18.9 Å². The zero-order chi connectivity index (χ0) is 17.9. The summed E-state index contributed by atoms with van der Waals surface area (Å²) < 4.78 is 16.6. The minimum Gasteiger partial charge on any atom is -0.497 e. The average molecular weight is 358 g/mol. The molecule has 2 bridgehead atoms. The van der Waals surface area contributed by atoms with Gasteiger partial charge in [-0.15, -0.1) is 0 Å². The Morgan fingerprint density at radius 2 is 2.08 bits per heavy atom. The smallest absolute Gasteiger partial charge is 0.127 e. The molecule has 4 aliphatic rings. The fourth-order valence-corrected chi connectivity index (χ4v) is 4.60. The molecule has 5 heteroatoms. The lowest BCUT2D eigenvalue weighted by molar-refractivity contribution is 0.0871. The molecule has 3 saturated heterocycles. The van der Waals surface area contributed by atoms with E-state index < -0.39 is 0 Å². The van der Waals surface area contributed by atoms with Crippen LogP contribution in [0, 0.1) is 5.92 Å². The van der Waals surface area contributed by atoms with Gasteiger partial charge in [0.25, 0.3) is 0 Å². The molecule has 1 aromatic carbocycles. The average Bonchev–Trinajstić information content (AvgIpc) is 2.96. The number of hydrogen-bond acceptors (Lipinski definition) is 5. The monoisotopic (exact) mass is 358 g/mol. The summed E-state index contributed by atoms with van der Waals surface area (Å²) >= 11 is 0. The SMILES string of the molecule is COCCN1C[C@H]2CC[C@@H]1CN(CC1=Cc3cc(OC)ccc3OC1)C2. The van der Waals surface area contributed by atoms with Gasteiger partial charge in [0.05, 0.1) is 13.7 Å². The summed E-state index contributed by atoms with van der Waals surface area (Å²) in [6, 6.07) is 6.69. The van der Waals surface area contributed by atoms with E-state index in [0.29, 0.717) is 12.6 Å². The fraction of sp³-hybridized carbons (Fsp3) is 0.619. The van der Waals surface area contributed by atoms with Crippen molar-refractivity contribution in [2.24, 2.45) is 5.92 Å². The van der Waals surface area contributed by atoms with E-state index in [2.05, 4.69) is 21.9 Å². The largest absolute Gasteiger partial charge is 0.497 e. The normalized spacial score (nSPS) is 26.0. The zero-order valence-corrected chi connectivity index (χ0v) is 15.9. The van der Waals surface area contributed by atoms with E-state index >= 15 is 0 Å². The van der Waals surface area contributed by atoms with Gasteiger partial charge in [-0.25, -0.2) is 0 Å². The maximum absolute atomic E-state index is 5.97. The van der Waals surface area contributed by atoms with Crippen LogP contribution in [-0.4, -0.2) is 76.0 Å². The number of benzene rings is 1. The van der Waals surface area contributed by atoms with E-state index in [1.807, 2.05) is 12.1 Å². The number of ether oxygens (including phenoxy) is 3. The number of fused-ring (bicyclic) bond motifs is 5. The van der Waals surface area contributed by atoms with Crippen molar-refractivity contribution < 1.29 is 14.2 Å². The summed E-state index contributed by atoms with van der Waals surface area (Å²) in [5.41, 5.74) is 2.49. The second-order valence-corrected chi connectivity index (χ2v) is 7.77. The van der Waals surface area contributed by atoms with Gasteiger partial charge in [-0.05, 0) is 48.6 Å². The Kier molecular flexibility index (Phi) is 5.48. The van der Waals surface area contributed by atoms with E-state index in [1.54, 1.807) is 14.2 Å². The Morgan fingerprint density at radius 3 is 2.92 bits per heavy atom. The van der Waals surface area contributed by atoms with Crippen molar-refractivity contribution in [2.75, 3.05) is 60.2 Å². The van der Waals surface area contributed by atoms with Crippen LogP contribution >= 0.6 is 0 Å². The van der Waals surface area contributed by atoms with E-state index in [0.717, 1.165) is 49.2 Å². The van der Waals surface area contributed by atoms with Crippen LogP contribution in [0.15, 0.2) is 23.8 Å². The second kappa shape index (κ2) is 7.99. The summed E-state index contributed by atoms with van der Waals surface area (Å²) in [5, 5.41) is 0. The lowest BCUT2D eigenvalue weighted by atomic mass is 9.95. The van der Waals surface area contributed by atoms with Gasteiger partial charge >= 0.3 is 0 Å². The Balaban J connectivity index is 1.43. The highest BCUT2D eigenvalue weighted by molar-refractivity contribution is 5.64. The van der Waals surface area contributed by atoms with Crippen LogP contribution in [0.1, 0.15) is 18.4 Å². The Morgan fingerprint density at radius 1 is 1.15 bits per heavy atom. The quantitative estimate of drug-likeness (QED) is 0.781. The first-order valence-corrected chi connectivity index (χ1v) is 9.71. The van der Waals surface area contributed by atoms with Gasteiger partial charge in [0.1, 0.15) is 18.1 Å². The first-order valence-electron chi connectivity index (χ1n) is 9.71. The molecule has 0 saturated carbocycles. The summed E-state index contributed by atoms with van der Waals surface area (Å²) in [7, 11) is 3.50. The lowest BCUT2D eigenvalue weighted by Gasteiger charge is -2.36. The number of hydrogen-bond donors (Lipinski definition) is 0. The lowest BCUT2D eigenvalue weighted by Crippen LogP contribution is -2.45. The second-order valence-electron chi connectivity index (χ2n) is 7.77. The third-order valence-corrected chi connectivity index (χ3v) is 5.90. The van der Waals surface area contributed by atoms with E-state index in [4.69, 9.17) is 14.2 Å². The molecule has 0 aromatic heterocycles. The van der Waals surface area contributed by atoms with E-state index in [-0.39, 0.29) is 0 Å². The highest BCUT2D eigenvalue weighted by atomic mass is 16.5. The highest BCUT2D eigenvalue weighted by Gasteiger charge is 2.34. The molecule has 2 atom stereocenters. The number of piperidine rings is 1. The van der Waals surface area contributed by atoms with Crippen molar-refractivity contribution >= 4 is 6.08 Å². The predicted octanol–water partition coefficient (Wildman–Crippen LogP) is 2.51. The van der Waals surface area contributed by atoms with E-state index in [1.165, 1.54) is 31.5 Å². The van der Waals surface area contributed by atoms with Crippen molar-refractivity contribution in [3.8, 4) is 11.5 Å². The topological polar surface area (TPSA) is 34.2 Å². The van der Waals surface area contributed by atoms with Crippen LogP contribution < -0.4 is 9.47 Å². The van der Waals surface area contributed by atoms with Gasteiger partial charge < -0.3 is 14.2 Å². The molecule has 5 rings (SSSR count). The van der Waals surface area contributed by atoms with Crippen LogP contribution in [0.25, 0.3) is 6.08 Å². The Labute approximate surface area is 156 Å². The number of rotatable bonds is 6. The van der Waals surface area contributed by atoms with Gasteiger partial charge in [0, 0.05) is 51.4 Å². The van der Waals surface area contributed by atoms with Gasteiger partial charge in [-0.2, -0.15) is 0 Å². The molecule has 0 amide bonds. The third kappa shape index (κ3) is 3.90. The van der Waals surface area contributed by atoms with Crippen molar-refractivity contribution in [1.29, 1.82) is 0 Å². The first-order chi connectivity index (χ1) is 12.7. The molecule has 4 heterocycles. The molecule has 0 N–H and O–H groups in total. The maximum Gasteiger partial charge on any atom is 0.127 e. The maximum atomic E-state index is 5.97. The first kappa shape index (κ1) is 17.8. The molecule has 4 aliphatic heterocycles. The fourth-order valence-electron chi connectivity index (χ4n) is 4.60. The van der Waals surface area contributed by atoms with Crippen molar-refractivity contribution in [3.63, 3.8) is 0 Å². The summed E-state index contributed by atoms with van der Waals surface area (Å²) in [6.45, 7) is 7.16.